The van der Waals surface area contributed by atoms with Crippen LogP contribution >= 0.6 is 0 Å². The van der Waals surface area contributed by atoms with E-state index < -0.39 is 0 Å². The van der Waals surface area contributed by atoms with Crippen LogP contribution in [-0.2, 0) is 0 Å². The van der Waals surface area contributed by atoms with E-state index in [2.05, 4.69) is 22.1 Å². The normalized spacial score (nSPS) is 18.8. The van der Waals surface area contributed by atoms with Gasteiger partial charge in [-0.25, -0.2) is 0 Å². The first-order valence-corrected chi connectivity index (χ1v) is 10.5. The van der Waals surface area contributed by atoms with Gasteiger partial charge in [-0.05, 0) is 44.0 Å². The standard InChI is InChI=1S/C24H23N5O2/c1-17-11-12-19(31-22-10-4-6-18-7-5-13-25-23(18)22)16-28(17)24(30)20-8-2-3-9-21(20)29-26-14-15-27-29/h2-10,13-15,17,19H,11-12,16H2,1H3/t17-,19-/m0/s1. The van der Waals surface area contributed by atoms with E-state index in [0.717, 1.165) is 29.5 Å². The number of amides is 1. The van der Waals surface area contributed by atoms with Crippen LogP contribution in [0.3, 0.4) is 0 Å². The van der Waals surface area contributed by atoms with E-state index in [0.29, 0.717) is 17.8 Å². The molecule has 1 aliphatic rings. The van der Waals surface area contributed by atoms with Crippen molar-refractivity contribution in [2.24, 2.45) is 0 Å². The van der Waals surface area contributed by atoms with Gasteiger partial charge >= 0.3 is 0 Å². The number of ether oxygens (including phenoxy) is 1. The third-order valence-electron chi connectivity index (χ3n) is 5.76. The maximum Gasteiger partial charge on any atom is 0.256 e. The molecule has 2 aromatic heterocycles. The summed E-state index contributed by atoms with van der Waals surface area (Å²) in [5, 5.41) is 9.43. The Kier molecular flexibility index (Phi) is 5.08. The van der Waals surface area contributed by atoms with Crippen LogP contribution in [0.5, 0.6) is 5.75 Å². The maximum atomic E-state index is 13.5. The number of fused-ring (bicyclic) bond motifs is 1. The number of carbonyl (C=O) groups excluding carboxylic acids is 1. The number of carbonyl (C=O) groups is 1. The molecule has 4 aromatic rings. The lowest BCUT2D eigenvalue weighted by atomic mass is 9.99. The van der Waals surface area contributed by atoms with Crippen molar-refractivity contribution in [1.82, 2.24) is 24.9 Å². The number of benzene rings is 2. The van der Waals surface area contributed by atoms with Gasteiger partial charge in [-0.3, -0.25) is 9.78 Å². The van der Waals surface area contributed by atoms with Crippen LogP contribution in [0.2, 0.25) is 0 Å². The Bertz CT molecular complexity index is 1200. The van der Waals surface area contributed by atoms with E-state index in [1.807, 2.05) is 59.5 Å². The van der Waals surface area contributed by atoms with Gasteiger partial charge in [0, 0.05) is 17.6 Å². The van der Waals surface area contributed by atoms with Gasteiger partial charge in [0.05, 0.1) is 30.2 Å². The summed E-state index contributed by atoms with van der Waals surface area (Å²) in [6.07, 6.45) is 6.64. The number of aromatic nitrogens is 4. The van der Waals surface area contributed by atoms with Gasteiger partial charge in [0.2, 0.25) is 0 Å². The van der Waals surface area contributed by atoms with Crippen molar-refractivity contribution >= 4 is 16.8 Å². The second-order valence-electron chi connectivity index (χ2n) is 7.79. The van der Waals surface area contributed by atoms with Gasteiger partial charge in [-0.15, -0.1) is 0 Å². The van der Waals surface area contributed by atoms with E-state index in [9.17, 15) is 4.79 Å². The number of nitrogens with zero attached hydrogens (tertiary/aromatic N) is 5. The van der Waals surface area contributed by atoms with Gasteiger partial charge in [0.15, 0.2) is 0 Å². The van der Waals surface area contributed by atoms with Crippen LogP contribution in [0.25, 0.3) is 16.6 Å². The predicted octanol–water partition coefficient (Wildman–Crippen LogP) is 3.89. The van der Waals surface area contributed by atoms with E-state index >= 15 is 0 Å². The lowest BCUT2D eigenvalue weighted by molar-refractivity contribution is 0.0387. The van der Waals surface area contributed by atoms with Crippen LogP contribution in [0.1, 0.15) is 30.1 Å². The topological polar surface area (TPSA) is 73.1 Å². The molecule has 5 rings (SSSR count). The van der Waals surface area contributed by atoms with Crippen molar-refractivity contribution in [3.05, 3.63) is 78.8 Å². The molecule has 0 bridgehead atoms. The molecule has 0 N–H and O–H groups in total. The summed E-state index contributed by atoms with van der Waals surface area (Å²) < 4.78 is 6.35. The van der Waals surface area contributed by atoms with E-state index in [1.165, 1.54) is 4.80 Å². The van der Waals surface area contributed by atoms with Crippen LogP contribution in [0, 0.1) is 0 Å². The molecule has 7 heteroatoms. The maximum absolute atomic E-state index is 13.5. The molecule has 0 radical (unpaired) electrons. The van der Waals surface area contributed by atoms with Gasteiger partial charge in [0.1, 0.15) is 17.4 Å². The molecule has 1 amide bonds. The number of pyridine rings is 1. The minimum atomic E-state index is -0.0947. The molecule has 156 valence electrons. The first-order chi connectivity index (χ1) is 15.2. The Morgan fingerprint density at radius 1 is 0.968 bits per heavy atom. The van der Waals surface area contributed by atoms with Crippen molar-refractivity contribution in [3.63, 3.8) is 0 Å². The smallest absolute Gasteiger partial charge is 0.256 e. The molecule has 31 heavy (non-hydrogen) atoms. The van der Waals surface area contributed by atoms with Crippen molar-refractivity contribution in [2.45, 2.75) is 31.9 Å². The molecule has 2 aromatic carbocycles. The fraction of sp³-hybridized carbons (Fsp3) is 0.250. The highest BCUT2D eigenvalue weighted by Crippen LogP contribution is 2.28. The molecule has 7 nitrogen and oxygen atoms in total. The molecule has 2 atom stereocenters. The van der Waals surface area contributed by atoms with E-state index in [4.69, 9.17) is 4.74 Å². The number of piperidine rings is 1. The third-order valence-corrected chi connectivity index (χ3v) is 5.76. The van der Waals surface area contributed by atoms with Gasteiger partial charge in [0.25, 0.3) is 5.91 Å². The number of hydrogen-bond donors (Lipinski definition) is 0. The fourth-order valence-corrected chi connectivity index (χ4v) is 4.13. The monoisotopic (exact) mass is 413 g/mol. The van der Waals surface area contributed by atoms with Crippen molar-refractivity contribution < 1.29 is 9.53 Å². The molecule has 0 aliphatic carbocycles. The summed E-state index contributed by atoms with van der Waals surface area (Å²) in [5.41, 5.74) is 2.10. The molecule has 0 saturated carbocycles. The Morgan fingerprint density at radius 2 is 1.77 bits per heavy atom. The first kappa shape index (κ1) is 19.2. The van der Waals surface area contributed by atoms with Gasteiger partial charge < -0.3 is 9.64 Å². The summed E-state index contributed by atoms with van der Waals surface area (Å²) in [4.78, 5) is 21.4. The largest absolute Gasteiger partial charge is 0.486 e. The second kappa shape index (κ2) is 8.18. The summed E-state index contributed by atoms with van der Waals surface area (Å²) in [6, 6.07) is 17.4. The van der Waals surface area contributed by atoms with Crippen LogP contribution in [0.15, 0.2) is 73.2 Å². The molecular formula is C24H23N5O2. The predicted molar refractivity (Wildman–Crippen MR) is 117 cm³/mol. The minimum absolute atomic E-state index is 0.0373. The highest BCUT2D eigenvalue weighted by molar-refractivity contribution is 5.98. The van der Waals surface area contributed by atoms with Crippen LogP contribution in [-0.4, -0.2) is 49.5 Å². The third kappa shape index (κ3) is 3.74. The van der Waals surface area contributed by atoms with Crippen molar-refractivity contribution in [1.29, 1.82) is 0 Å². The Hall–Kier alpha value is -3.74. The summed E-state index contributed by atoms with van der Waals surface area (Å²) >= 11 is 0. The zero-order valence-electron chi connectivity index (χ0n) is 17.3. The second-order valence-corrected chi connectivity index (χ2v) is 7.79. The fourth-order valence-electron chi connectivity index (χ4n) is 4.13. The summed E-state index contributed by atoms with van der Waals surface area (Å²) in [6.45, 7) is 2.60. The average molecular weight is 413 g/mol. The molecule has 3 heterocycles. The number of likely N-dealkylation sites (tertiary alicyclic amines) is 1. The van der Waals surface area contributed by atoms with Gasteiger partial charge in [-0.1, -0.05) is 30.3 Å². The molecule has 0 unspecified atom stereocenters. The average Bonchev–Trinajstić information content (AvgIpc) is 3.35. The lowest BCUT2D eigenvalue weighted by Crippen LogP contribution is -2.49. The zero-order chi connectivity index (χ0) is 21.2. The highest BCUT2D eigenvalue weighted by atomic mass is 16.5. The minimum Gasteiger partial charge on any atom is -0.486 e. The number of rotatable bonds is 4. The van der Waals surface area contributed by atoms with E-state index in [1.54, 1.807) is 18.6 Å². The van der Waals surface area contributed by atoms with Crippen LogP contribution < -0.4 is 4.74 Å². The summed E-state index contributed by atoms with van der Waals surface area (Å²) in [5.74, 6) is 0.718. The molecule has 0 spiro atoms. The Labute approximate surface area is 180 Å². The zero-order valence-corrected chi connectivity index (χ0v) is 17.3. The SMILES string of the molecule is C[C@H]1CC[C@H](Oc2cccc3cccnc23)CN1C(=O)c1ccccc1-n1nccn1. The first-order valence-electron chi connectivity index (χ1n) is 10.5. The number of hydrogen-bond acceptors (Lipinski definition) is 5. The van der Waals surface area contributed by atoms with Crippen molar-refractivity contribution in [3.8, 4) is 11.4 Å². The molecule has 1 saturated heterocycles. The summed E-state index contributed by atoms with van der Waals surface area (Å²) in [7, 11) is 0. The molecule has 1 fully saturated rings. The Balaban J connectivity index is 1.40. The van der Waals surface area contributed by atoms with E-state index in [-0.39, 0.29) is 18.1 Å². The van der Waals surface area contributed by atoms with Crippen molar-refractivity contribution in [2.75, 3.05) is 6.54 Å². The lowest BCUT2D eigenvalue weighted by Gasteiger charge is -2.38. The quantitative estimate of drug-likeness (QED) is 0.508. The van der Waals surface area contributed by atoms with Crippen LogP contribution in [0.4, 0.5) is 0 Å². The van der Waals surface area contributed by atoms with Gasteiger partial charge in [-0.2, -0.15) is 15.0 Å². The molecular weight excluding hydrogens is 390 g/mol. The Morgan fingerprint density at radius 3 is 2.65 bits per heavy atom. The highest BCUT2D eigenvalue weighted by Gasteiger charge is 2.32. The number of para-hydroxylation sites is 2. The molecule has 1 aliphatic heterocycles.